The molecule has 1 aliphatic heterocycles. The van der Waals surface area contributed by atoms with Crippen molar-refractivity contribution in [2.24, 2.45) is 0 Å². The molecule has 0 unspecified atom stereocenters. The first-order valence-electron chi connectivity index (χ1n) is 8.01. The summed E-state index contributed by atoms with van der Waals surface area (Å²) in [4.78, 5) is 37.8. The maximum atomic E-state index is 13.0. The van der Waals surface area contributed by atoms with E-state index in [4.69, 9.17) is 16.3 Å². The van der Waals surface area contributed by atoms with Gasteiger partial charge in [0, 0.05) is 5.69 Å². The topological polar surface area (TPSA) is 75.7 Å². The second kappa shape index (κ2) is 8.45. The summed E-state index contributed by atoms with van der Waals surface area (Å²) in [5, 5.41) is 2.34. The molecule has 1 N–H and O–H groups in total. The van der Waals surface area contributed by atoms with Crippen LogP contribution >= 0.6 is 23.4 Å². The van der Waals surface area contributed by atoms with Crippen molar-refractivity contribution < 1.29 is 23.5 Å². The van der Waals surface area contributed by atoms with Crippen LogP contribution in [0.1, 0.15) is 5.56 Å². The van der Waals surface area contributed by atoms with Crippen LogP contribution in [0.3, 0.4) is 0 Å². The van der Waals surface area contributed by atoms with Gasteiger partial charge in [0.05, 0.1) is 17.0 Å². The van der Waals surface area contributed by atoms with Gasteiger partial charge in [-0.3, -0.25) is 19.3 Å². The molecule has 3 amide bonds. The Morgan fingerprint density at radius 1 is 1.25 bits per heavy atom. The SMILES string of the molecule is COc1ccc(NC(=O)CN2C(=O)S/C(=C/c3ccc(F)cc3)C2=O)cc1Cl. The minimum Gasteiger partial charge on any atom is -0.495 e. The van der Waals surface area contributed by atoms with Crippen molar-refractivity contribution in [1.29, 1.82) is 0 Å². The lowest BCUT2D eigenvalue weighted by Crippen LogP contribution is -2.36. The Kier molecular flexibility index (Phi) is 6.01. The molecular weight excluding hydrogens is 407 g/mol. The zero-order chi connectivity index (χ0) is 20.3. The van der Waals surface area contributed by atoms with Gasteiger partial charge < -0.3 is 10.1 Å². The number of halogens is 2. The highest BCUT2D eigenvalue weighted by Crippen LogP contribution is 2.32. The van der Waals surface area contributed by atoms with Crippen molar-refractivity contribution in [2.45, 2.75) is 0 Å². The molecule has 1 fully saturated rings. The van der Waals surface area contributed by atoms with Crippen LogP contribution in [0.2, 0.25) is 5.02 Å². The number of carbonyl (C=O) groups is 3. The van der Waals surface area contributed by atoms with Crippen molar-refractivity contribution in [1.82, 2.24) is 4.90 Å². The lowest BCUT2D eigenvalue weighted by Gasteiger charge is -2.13. The molecule has 0 aliphatic carbocycles. The molecule has 0 radical (unpaired) electrons. The van der Waals surface area contributed by atoms with E-state index in [1.807, 2.05) is 0 Å². The number of benzene rings is 2. The van der Waals surface area contributed by atoms with E-state index in [2.05, 4.69) is 5.32 Å². The number of nitrogens with zero attached hydrogens (tertiary/aromatic N) is 1. The summed E-state index contributed by atoms with van der Waals surface area (Å²) in [5.74, 6) is -1.08. The van der Waals surface area contributed by atoms with E-state index in [1.54, 1.807) is 12.1 Å². The van der Waals surface area contributed by atoms with Gasteiger partial charge in [0.1, 0.15) is 18.1 Å². The third kappa shape index (κ3) is 4.52. The van der Waals surface area contributed by atoms with Crippen LogP contribution < -0.4 is 10.1 Å². The highest BCUT2D eigenvalue weighted by Gasteiger charge is 2.36. The lowest BCUT2D eigenvalue weighted by molar-refractivity contribution is -0.127. The molecule has 28 heavy (non-hydrogen) atoms. The third-order valence-electron chi connectivity index (χ3n) is 3.78. The van der Waals surface area contributed by atoms with Gasteiger partial charge in [-0.15, -0.1) is 0 Å². The van der Waals surface area contributed by atoms with Crippen LogP contribution in [0.4, 0.5) is 14.9 Å². The smallest absolute Gasteiger partial charge is 0.294 e. The Morgan fingerprint density at radius 3 is 2.61 bits per heavy atom. The molecule has 0 saturated carbocycles. The summed E-state index contributed by atoms with van der Waals surface area (Å²) in [6, 6.07) is 10.2. The molecule has 1 aliphatic rings. The molecule has 0 spiro atoms. The Labute approximate surface area is 169 Å². The largest absolute Gasteiger partial charge is 0.495 e. The molecule has 0 bridgehead atoms. The summed E-state index contributed by atoms with van der Waals surface area (Å²) < 4.78 is 18.0. The standard InChI is InChI=1S/C19H14ClFN2O4S/c1-27-15-7-6-13(9-14(15)20)22-17(24)10-23-18(25)16(28-19(23)26)8-11-2-4-12(21)5-3-11/h2-9H,10H2,1H3,(H,22,24)/b16-8+. The van der Waals surface area contributed by atoms with E-state index in [0.29, 0.717) is 22.0 Å². The van der Waals surface area contributed by atoms with Crippen molar-refractivity contribution in [3.63, 3.8) is 0 Å². The Bertz CT molecular complexity index is 978. The Morgan fingerprint density at radius 2 is 1.96 bits per heavy atom. The van der Waals surface area contributed by atoms with Crippen LogP contribution in [-0.4, -0.2) is 35.6 Å². The highest BCUT2D eigenvalue weighted by atomic mass is 35.5. The number of carbonyl (C=O) groups excluding carboxylic acids is 3. The van der Waals surface area contributed by atoms with E-state index in [1.165, 1.54) is 43.5 Å². The first-order valence-corrected chi connectivity index (χ1v) is 9.21. The molecule has 6 nitrogen and oxygen atoms in total. The van der Waals surface area contributed by atoms with E-state index in [-0.39, 0.29) is 4.91 Å². The van der Waals surface area contributed by atoms with E-state index in [9.17, 15) is 18.8 Å². The van der Waals surface area contributed by atoms with E-state index < -0.39 is 29.4 Å². The van der Waals surface area contributed by atoms with Crippen LogP contribution in [0.15, 0.2) is 47.4 Å². The Balaban J connectivity index is 1.67. The first kappa shape index (κ1) is 19.9. The van der Waals surface area contributed by atoms with E-state index in [0.717, 1.165) is 16.7 Å². The molecule has 0 aromatic heterocycles. The van der Waals surface area contributed by atoms with Gasteiger partial charge >= 0.3 is 0 Å². The molecule has 0 atom stereocenters. The number of imide groups is 1. The van der Waals surface area contributed by atoms with Crippen molar-refractivity contribution in [3.05, 3.63) is 63.8 Å². The highest BCUT2D eigenvalue weighted by molar-refractivity contribution is 8.18. The van der Waals surface area contributed by atoms with Gasteiger partial charge in [-0.25, -0.2) is 4.39 Å². The molecule has 1 heterocycles. The van der Waals surface area contributed by atoms with Crippen LogP contribution in [0, 0.1) is 5.82 Å². The fraction of sp³-hybridized carbons (Fsp3) is 0.105. The second-order valence-electron chi connectivity index (χ2n) is 5.72. The van der Waals surface area contributed by atoms with Gasteiger partial charge in [0.25, 0.3) is 11.1 Å². The molecule has 2 aromatic rings. The number of hydrogen-bond donors (Lipinski definition) is 1. The quantitative estimate of drug-likeness (QED) is 0.735. The number of amides is 3. The molecular formula is C19H14ClFN2O4S. The first-order chi connectivity index (χ1) is 13.4. The number of methoxy groups -OCH3 is 1. The second-order valence-corrected chi connectivity index (χ2v) is 7.12. The van der Waals surface area contributed by atoms with Crippen LogP contribution in [0.25, 0.3) is 6.08 Å². The lowest BCUT2D eigenvalue weighted by atomic mass is 10.2. The number of anilines is 1. The fourth-order valence-electron chi connectivity index (χ4n) is 2.43. The minimum atomic E-state index is -0.581. The third-order valence-corrected chi connectivity index (χ3v) is 4.98. The van der Waals surface area contributed by atoms with E-state index >= 15 is 0 Å². The van der Waals surface area contributed by atoms with Gasteiger partial charge in [-0.2, -0.15) is 0 Å². The van der Waals surface area contributed by atoms with Crippen LogP contribution in [0.5, 0.6) is 5.75 Å². The average molecular weight is 421 g/mol. The average Bonchev–Trinajstić information content (AvgIpc) is 2.91. The summed E-state index contributed by atoms with van der Waals surface area (Å²) >= 11 is 6.73. The predicted molar refractivity (Wildman–Crippen MR) is 106 cm³/mol. The van der Waals surface area contributed by atoms with Crippen molar-refractivity contribution >= 4 is 52.2 Å². The normalized spacial score (nSPS) is 15.2. The number of hydrogen-bond acceptors (Lipinski definition) is 5. The Hall–Kier alpha value is -2.84. The molecule has 2 aromatic carbocycles. The molecule has 9 heteroatoms. The summed E-state index contributed by atoms with van der Waals surface area (Å²) in [6.07, 6.45) is 1.48. The van der Waals surface area contributed by atoms with Crippen LogP contribution in [-0.2, 0) is 9.59 Å². The number of ether oxygens (including phenoxy) is 1. The van der Waals surface area contributed by atoms with Crippen molar-refractivity contribution in [2.75, 3.05) is 19.0 Å². The molecule has 144 valence electrons. The monoisotopic (exact) mass is 420 g/mol. The minimum absolute atomic E-state index is 0.164. The number of thioether (sulfide) groups is 1. The molecule has 1 saturated heterocycles. The summed E-state index contributed by atoms with van der Waals surface area (Å²) in [6.45, 7) is -0.435. The van der Waals surface area contributed by atoms with Crippen molar-refractivity contribution in [3.8, 4) is 5.75 Å². The number of nitrogens with one attached hydrogen (secondary N) is 1. The predicted octanol–water partition coefficient (Wildman–Crippen LogP) is 4.16. The van der Waals surface area contributed by atoms with Gasteiger partial charge in [0.15, 0.2) is 0 Å². The maximum Gasteiger partial charge on any atom is 0.294 e. The summed E-state index contributed by atoms with van der Waals surface area (Å²) in [7, 11) is 1.47. The summed E-state index contributed by atoms with van der Waals surface area (Å²) in [5.41, 5.74) is 0.980. The zero-order valence-corrected chi connectivity index (χ0v) is 16.1. The fourth-order valence-corrected chi connectivity index (χ4v) is 3.53. The maximum absolute atomic E-state index is 13.0. The van der Waals surface area contributed by atoms with Gasteiger partial charge in [-0.1, -0.05) is 23.7 Å². The van der Waals surface area contributed by atoms with Gasteiger partial charge in [0.2, 0.25) is 5.91 Å². The zero-order valence-electron chi connectivity index (χ0n) is 14.6. The molecule has 3 rings (SSSR count). The van der Waals surface area contributed by atoms with Gasteiger partial charge in [-0.05, 0) is 53.7 Å². The number of rotatable bonds is 5.